The second kappa shape index (κ2) is 11.7. The van der Waals surface area contributed by atoms with Gasteiger partial charge in [-0.3, -0.25) is 4.99 Å². The molecule has 1 atom stereocenters. The van der Waals surface area contributed by atoms with E-state index in [0.717, 1.165) is 64.3 Å². The fourth-order valence-corrected chi connectivity index (χ4v) is 2.87. The second-order valence-electron chi connectivity index (χ2n) is 6.78. The number of aliphatic imine (C=N–C) groups is 1. The minimum atomic E-state index is 0.590. The zero-order valence-corrected chi connectivity index (χ0v) is 15.5. The number of likely N-dealkylation sites (tertiary alicyclic amines) is 1. The molecule has 0 aromatic heterocycles. The summed E-state index contributed by atoms with van der Waals surface area (Å²) in [5.74, 6) is 2.48. The number of ether oxygens (including phenoxy) is 3. The minimum Gasteiger partial charge on any atom is -0.382 e. The van der Waals surface area contributed by atoms with Gasteiger partial charge in [0.15, 0.2) is 5.96 Å². The lowest BCUT2D eigenvalue weighted by Crippen LogP contribution is -2.40. The van der Waals surface area contributed by atoms with Crippen molar-refractivity contribution in [3.63, 3.8) is 0 Å². The zero-order valence-electron chi connectivity index (χ0n) is 15.5. The van der Waals surface area contributed by atoms with Crippen LogP contribution in [0.3, 0.4) is 0 Å². The fourth-order valence-electron chi connectivity index (χ4n) is 2.87. The highest BCUT2D eigenvalue weighted by Crippen LogP contribution is 2.28. The third-order valence-corrected chi connectivity index (χ3v) is 4.46. The van der Waals surface area contributed by atoms with Gasteiger partial charge in [-0.15, -0.1) is 0 Å². The molecule has 0 aromatic rings. The maximum Gasteiger partial charge on any atom is 0.193 e. The summed E-state index contributed by atoms with van der Waals surface area (Å²) in [5, 5.41) is 3.41. The van der Waals surface area contributed by atoms with Gasteiger partial charge in [0.05, 0.1) is 19.8 Å². The van der Waals surface area contributed by atoms with E-state index in [0.29, 0.717) is 19.1 Å². The topological polar surface area (TPSA) is 55.3 Å². The third kappa shape index (κ3) is 7.81. The average molecular weight is 341 g/mol. The molecule has 1 saturated heterocycles. The van der Waals surface area contributed by atoms with Crippen molar-refractivity contribution in [3.8, 4) is 0 Å². The van der Waals surface area contributed by atoms with E-state index in [1.807, 2.05) is 0 Å². The Kier molecular flexibility index (Phi) is 9.46. The van der Waals surface area contributed by atoms with Crippen LogP contribution in [0.25, 0.3) is 0 Å². The van der Waals surface area contributed by atoms with Crippen LogP contribution >= 0.6 is 0 Å². The van der Waals surface area contributed by atoms with Crippen LogP contribution in [-0.2, 0) is 14.2 Å². The van der Waals surface area contributed by atoms with Gasteiger partial charge in [0.25, 0.3) is 0 Å². The molecule has 1 N–H and O–H groups in total. The molecule has 24 heavy (non-hydrogen) atoms. The van der Waals surface area contributed by atoms with Crippen LogP contribution in [-0.4, -0.2) is 77.2 Å². The SMILES string of the molecule is CCNC(=NCCCOCC1CC1)N1CCC(COCCOC)C1. The standard InChI is InChI=1S/C18H35N3O3/c1-3-19-18(20-8-4-10-23-14-16-5-6-16)21-9-7-17(13-21)15-24-12-11-22-2/h16-17H,3-15H2,1-2H3,(H,19,20). The molecule has 1 aliphatic carbocycles. The largest absolute Gasteiger partial charge is 0.382 e. The van der Waals surface area contributed by atoms with Crippen LogP contribution in [0.4, 0.5) is 0 Å². The minimum absolute atomic E-state index is 0.590. The molecule has 6 heteroatoms. The molecule has 0 bridgehead atoms. The van der Waals surface area contributed by atoms with Crippen molar-refractivity contribution >= 4 is 5.96 Å². The van der Waals surface area contributed by atoms with E-state index in [9.17, 15) is 0 Å². The Balaban J connectivity index is 1.62. The Morgan fingerprint density at radius 3 is 2.62 bits per heavy atom. The van der Waals surface area contributed by atoms with Gasteiger partial charge in [-0.05, 0) is 38.5 Å². The molecule has 2 aliphatic rings. The van der Waals surface area contributed by atoms with E-state index < -0.39 is 0 Å². The summed E-state index contributed by atoms with van der Waals surface area (Å²) in [7, 11) is 1.71. The molecule has 2 rings (SSSR count). The lowest BCUT2D eigenvalue weighted by Gasteiger charge is -2.21. The maximum atomic E-state index is 5.68. The predicted molar refractivity (Wildman–Crippen MR) is 96.5 cm³/mol. The summed E-state index contributed by atoms with van der Waals surface area (Å²) in [6, 6.07) is 0. The van der Waals surface area contributed by atoms with Crippen LogP contribution in [0.5, 0.6) is 0 Å². The van der Waals surface area contributed by atoms with E-state index in [-0.39, 0.29) is 0 Å². The lowest BCUT2D eigenvalue weighted by atomic mass is 10.1. The Morgan fingerprint density at radius 1 is 1.08 bits per heavy atom. The van der Waals surface area contributed by atoms with Gasteiger partial charge in [0.1, 0.15) is 0 Å². The molecule has 1 unspecified atom stereocenters. The molecular weight excluding hydrogens is 306 g/mol. The van der Waals surface area contributed by atoms with E-state index >= 15 is 0 Å². The van der Waals surface area contributed by atoms with Gasteiger partial charge in [0, 0.05) is 52.4 Å². The molecule has 1 saturated carbocycles. The number of methoxy groups -OCH3 is 1. The number of rotatable bonds is 12. The van der Waals surface area contributed by atoms with Crippen molar-refractivity contribution in [1.82, 2.24) is 10.2 Å². The Hall–Kier alpha value is -0.850. The lowest BCUT2D eigenvalue weighted by molar-refractivity contribution is 0.0536. The second-order valence-corrected chi connectivity index (χ2v) is 6.78. The van der Waals surface area contributed by atoms with Gasteiger partial charge in [-0.1, -0.05) is 0 Å². The van der Waals surface area contributed by atoms with Crippen LogP contribution in [0.15, 0.2) is 4.99 Å². The van der Waals surface area contributed by atoms with Crippen molar-refractivity contribution in [1.29, 1.82) is 0 Å². The van der Waals surface area contributed by atoms with E-state index in [1.165, 1.54) is 19.3 Å². The number of hydrogen-bond donors (Lipinski definition) is 1. The van der Waals surface area contributed by atoms with Gasteiger partial charge in [-0.25, -0.2) is 0 Å². The summed E-state index contributed by atoms with van der Waals surface area (Å²) in [6.45, 7) is 9.88. The molecule has 1 aliphatic heterocycles. The molecular formula is C18H35N3O3. The van der Waals surface area contributed by atoms with E-state index in [2.05, 4.69) is 17.1 Å². The highest BCUT2D eigenvalue weighted by Gasteiger charge is 2.25. The molecule has 0 radical (unpaired) electrons. The smallest absolute Gasteiger partial charge is 0.193 e. The number of nitrogens with zero attached hydrogens (tertiary/aromatic N) is 2. The first kappa shape index (κ1) is 19.5. The van der Waals surface area contributed by atoms with Gasteiger partial charge < -0.3 is 24.4 Å². The molecule has 0 aromatic carbocycles. The molecule has 140 valence electrons. The molecule has 6 nitrogen and oxygen atoms in total. The Morgan fingerprint density at radius 2 is 1.88 bits per heavy atom. The summed E-state index contributed by atoms with van der Waals surface area (Å²) in [5.41, 5.74) is 0. The average Bonchev–Trinajstić information content (AvgIpc) is 3.30. The van der Waals surface area contributed by atoms with Crippen molar-refractivity contribution in [2.24, 2.45) is 16.8 Å². The quantitative estimate of drug-likeness (QED) is 0.333. The van der Waals surface area contributed by atoms with Crippen LogP contribution in [0, 0.1) is 11.8 Å². The highest BCUT2D eigenvalue weighted by atomic mass is 16.5. The van der Waals surface area contributed by atoms with E-state index in [4.69, 9.17) is 19.2 Å². The first-order chi connectivity index (χ1) is 11.8. The van der Waals surface area contributed by atoms with Crippen molar-refractivity contribution in [3.05, 3.63) is 0 Å². The van der Waals surface area contributed by atoms with Crippen molar-refractivity contribution < 1.29 is 14.2 Å². The normalized spacial score (nSPS) is 21.5. The predicted octanol–water partition coefficient (Wildman–Crippen LogP) is 1.75. The Bertz CT molecular complexity index is 361. The number of hydrogen-bond acceptors (Lipinski definition) is 4. The zero-order chi connectivity index (χ0) is 17.0. The first-order valence-electron chi connectivity index (χ1n) is 9.51. The Labute approximate surface area is 146 Å². The highest BCUT2D eigenvalue weighted by molar-refractivity contribution is 5.80. The summed E-state index contributed by atoms with van der Waals surface area (Å²) >= 11 is 0. The van der Waals surface area contributed by atoms with Crippen molar-refractivity contribution in [2.75, 3.05) is 66.3 Å². The monoisotopic (exact) mass is 341 g/mol. The third-order valence-electron chi connectivity index (χ3n) is 4.46. The first-order valence-corrected chi connectivity index (χ1v) is 9.51. The van der Waals surface area contributed by atoms with Gasteiger partial charge >= 0.3 is 0 Å². The van der Waals surface area contributed by atoms with Crippen LogP contribution in [0.2, 0.25) is 0 Å². The van der Waals surface area contributed by atoms with Crippen LogP contribution < -0.4 is 5.32 Å². The fraction of sp³-hybridized carbons (Fsp3) is 0.944. The van der Waals surface area contributed by atoms with Gasteiger partial charge in [-0.2, -0.15) is 0 Å². The maximum absolute atomic E-state index is 5.68. The summed E-state index contributed by atoms with van der Waals surface area (Å²) in [4.78, 5) is 7.12. The van der Waals surface area contributed by atoms with Crippen molar-refractivity contribution in [2.45, 2.75) is 32.6 Å². The molecule has 1 heterocycles. The molecule has 0 amide bonds. The summed E-state index contributed by atoms with van der Waals surface area (Å²) < 4.78 is 16.4. The van der Waals surface area contributed by atoms with E-state index in [1.54, 1.807) is 7.11 Å². The number of guanidine groups is 1. The van der Waals surface area contributed by atoms with Gasteiger partial charge in [0.2, 0.25) is 0 Å². The molecule has 2 fully saturated rings. The molecule has 0 spiro atoms. The van der Waals surface area contributed by atoms with Crippen LogP contribution in [0.1, 0.15) is 32.6 Å². The summed E-state index contributed by atoms with van der Waals surface area (Å²) in [6.07, 6.45) is 4.88. The number of nitrogens with one attached hydrogen (secondary N) is 1.